The predicted molar refractivity (Wildman–Crippen MR) is 75.1 cm³/mol. The minimum atomic E-state index is -1.08. The monoisotopic (exact) mass is 330 g/mol. The maximum atomic E-state index is 12.0. The van der Waals surface area contributed by atoms with Crippen molar-refractivity contribution in [2.24, 2.45) is 5.41 Å². The van der Waals surface area contributed by atoms with Crippen LogP contribution in [0.15, 0.2) is 0 Å². The van der Waals surface area contributed by atoms with E-state index >= 15 is 0 Å². The summed E-state index contributed by atoms with van der Waals surface area (Å²) >= 11 is 0. The maximum Gasteiger partial charge on any atom is 0.311 e. The molecule has 0 aromatic carbocycles. The van der Waals surface area contributed by atoms with E-state index in [4.69, 9.17) is 23.7 Å². The van der Waals surface area contributed by atoms with Crippen LogP contribution < -0.4 is 0 Å². The van der Waals surface area contributed by atoms with Crippen LogP contribution in [0.25, 0.3) is 0 Å². The molecule has 23 heavy (non-hydrogen) atoms. The molecule has 0 aliphatic carbocycles. The normalized spacial score (nSPS) is 33.0. The Kier molecular flexibility index (Phi) is 4.95. The van der Waals surface area contributed by atoms with Crippen LogP contribution in [0, 0.1) is 5.41 Å². The molecule has 2 heterocycles. The Labute approximate surface area is 134 Å². The Balaban J connectivity index is 2.09. The highest BCUT2D eigenvalue weighted by molar-refractivity contribution is 5.75. The van der Waals surface area contributed by atoms with Gasteiger partial charge < -0.3 is 23.7 Å². The number of rotatable bonds is 3. The first-order valence-electron chi connectivity index (χ1n) is 7.42. The first-order chi connectivity index (χ1) is 10.6. The summed E-state index contributed by atoms with van der Waals surface area (Å²) in [7, 11) is 0. The minimum absolute atomic E-state index is 0.127. The molecule has 0 radical (unpaired) electrons. The molecule has 5 atom stereocenters. The molecule has 0 amide bonds. The number of hydrogen-bond acceptors (Lipinski definition) is 8. The zero-order chi connectivity index (χ0) is 17.4. The topological polar surface area (TPSA) is 97.4 Å². The molecule has 8 heteroatoms. The number of fused-ring (bicyclic) bond motifs is 1. The van der Waals surface area contributed by atoms with E-state index in [2.05, 4.69) is 0 Å². The van der Waals surface area contributed by atoms with Crippen molar-refractivity contribution >= 4 is 17.9 Å². The van der Waals surface area contributed by atoms with Gasteiger partial charge in [0.1, 0.15) is 12.2 Å². The Bertz CT molecular complexity index is 494. The van der Waals surface area contributed by atoms with Gasteiger partial charge in [0.05, 0.1) is 12.0 Å². The van der Waals surface area contributed by atoms with Crippen LogP contribution in [-0.4, -0.2) is 55.2 Å². The minimum Gasteiger partial charge on any atom is -0.457 e. The van der Waals surface area contributed by atoms with Crippen molar-refractivity contribution in [2.45, 2.75) is 65.3 Å². The second kappa shape index (κ2) is 6.45. The molecule has 0 aromatic rings. The maximum absolute atomic E-state index is 12.0. The fourth-order valence-electron chi connectivity index (χ4n) is 2.43. The van der Waals surface area contributed by atoms with Gasteiger partial charge in [-0.1, -0.05) is 0 Å². The average molecular weight is 330 g/mol. The molecule has 2 fully saturated rings. The van der Waals surface area contributed by atoms with E-state index in [1.165, 1.54) is 13.8 Å². The molecule has 0 spiro atoms. The lowest BCUT2D eigenvalue weighted by molar-refractivity contribution is -0.205. The van der Waals surface area contributed by atoms with Crippen molar-refractivity contribution in [3.8, 4) is 0 Å². The van der Waals surface area contributed by atoms with Gasteiger partial charge in [-0.25, -0.2) is 0 Å². The molecule has 2 aliphatic rings. The molecule has 2 saturated heterocycles. The largest absolute Gasteiger partial charge is 0.457 e. The standard InChI is InChI=1S/C15H22O8/c1-7(16)20-12-11-10(23-13(12)21-8(2)17)9(6-19-11)22-14(18)15(3,4)5/h9-13H,6H2,1-5H3/t9-,10-,11+,12-,13-/m1/s1. The highest BCUT2D eigenvalue weighted by atomic mass is 16.8. The number of hydrogen-bond donors (Lipinski definition) is 0. The Morgan fingerprint density at radius 3 is 2.09 bits per heavy atom. The molecular formula is C15H22O8. The Morgan fingerprint density at radius 1 is 0.957 bits per heavy atom. The summed E-state index contributed by atoms with van der Waals surface area (Å²) in [6, 6.07) is 0. The number of carbonyl (C=O) groups is 3. The summed E-state index contributed by atoms with van der Waals surface area (Å²) in [5, 5.41) is 0. The summed E-state index contributed by atoms with van der Waals surface area (Å²) in [6.07, 6.45) is -3.93. The van der Waals surface area contributed by atoms with Crippen molar-refractivity contribution < 1.29 is 38.1 Å². The second-order valence-electron chi connectivity index (χ2n) is 6.64. The zero-order valence-electron chi connectivity index (χ0n) is 13.9. The Morgan fingerprint density at radius 2 is 1.57 bits per heavy atom. The lowest BCUT2D eigenvalue weighted by atomic mass is 9.97. The van der Waals surface area contributed by atoms with Crippen LogP contribution in [0.5, 0.6) is 0 Å². The first-order valence-corrected chi connectivity index (χ1v) is 7.42. The molecule has 0 bridgehead atoms. The third kappa shape index (κ3) is 4.00. The number of ether oxygens (including phenoxy) is 5. The van der Waals surface area contributed by atoms with Crippen molar-refractivity contribution in [2.75, 3.05) is 6.61 Å². The zero-order valence-corrected chi connectivity index (χ0v) is 13.9. The van der Waals surface area contributed by atoms with Crippen LogP contribution in [-0.2, 0) is 38.1 Å². The van der Waals surface area contributed by atoms with Crippen LogP contribution in [0.3, 0.4) is 0 Å². The van der Waals surface area contributed by atoms with E-state index in [-0.39, 0.29) is 6.61 Å². The lowest BCUT2D eigenvalue weighted by Gasteiger charge is -2.23. The molecule has 0 aromatic heterocycles. The van der Waals surface area contributed by atoms with Crippen LogP contribution in [0.2, 0.25) is 0 Å². The van der Waals surface area contributed by atoms with Gasteiger partial charge in [-0.05, 0) is 20.8 Å². The molecule has 130 valence electrons. The summed E-state index contributed by atoms with van der Waals surface area (Å²) < 4.78 is 26.8. The van der Waals surface area contributed by atoms with Crippen molar-refractivity contribution in [1.82, 2.24) is 0 Å². The summed E-state index contributed by atoms with van der Waals surface area (Å²) in [4.78, 5) is 34.4. The highest BCUT2D eigenvalue weighted by Crippen LogP contribution is 2.36. The fraction of sp³-hybridized carbons (Fsp3) is 0.800. The molecule has 0 N–H and O–H groups in total. The van der Waals surface area contributed by atoms with Gasteiger partial charge in [-0.15, -0.1) is 0 Å². The van der Waals surface area contributed by atoms with E-state index in [9.17, 15) is 14.4 Å². The Hall–Kier alpha value is -1.67. The van der Waals surface area contributed by atoms with Crippen LogP contribution in [0.1, 0.15) is 34.6 Å². The third-order valence-electron chi connectivity index (χ3n) is 3.48. The number of esters is 3. The van der Waals surface area contributed by atoms with Gasteiger partial charge in [0.2, 0.25) is 6.29 Å². The van der Waals surface area contributed by atoms with Gasteiger partial charge in [0, 0.05) is 13.8 Å². The van der Waals surface area contributed by atoms with E-state index in [1.54, 1.807) is 20.8 Å². The van der Waals surface area contributed by atoms with Gasteiger partial charge in [-0.3, -0.25) is 14.4 Å². The summed E-state index contributed by atoms with van der Waals surface area (Å²) in [6.45, 7) is 7.80. The van der Waals surface area contributed by atoms with Crippen LogP contribution >= 0.6 is 0 Å². The van der Waals surface area contributed by atoms with Crippen LogP contribution in [0.4, 0.5) is 0 Å². The number of carbonyl (C=O) groups excluding carboxylic acids is 3. The summed E-state index contributed by atoms with van der Waals surface area (Å²) in [5.74, 6) is -1.51. The van der Waals surface area contributed by atoms with E-state index in [0.717, 1.165) is 0 Å². The van der Waals surface area contributed by atoms with E-state index in [0.29, 0.717) is 0 Å². The van der Waals surface area contributed by atoms with E-state index < -0.39 is 54.0 Å². The molecule has 8 nitrogen and oxygen atoms in total. The smallest absolute Gasteiger partial charge is 0.311 e. The average Bonchev–Trinajstić information content (AvgIpc) is 2.90. The molecule has 0 unspecified atom stereocenters. The second-order valence-corrected chi connectivity index (χ2v) is 6.64. The quantitative estimate of drug-likeness (QED) is 0.547. The fourth-order valence-corrected chi connectivity index (χ4v) is 2.43. The van der Waals surface area contributed by atoms with E-state index in [1.807, 2.05) is 0 Å². The van der Waals surface area contributed by atoms with Gasteiger partial charge >= 0.3 is 17.9 Å². The van der Waals surface area contributed by atoms with Gasteiger partial charge in [-0.2, -0.15) is 0 Å². The first kappa shape index (κ1) is 17.7. The van der Waals surface area contributed by atoms with Crippen molar-refractivity contribution in [3.05, 3.63) is 0 Å². The van der Waals surface area contributed by atoms with Crippen molar-refractivity contribution in [3.63, 3.8) is 0 Å². The predicted octanol–water partition coefficient (Wildman–Crippen LogP) is 0.563. The SMILES string of the molecule is CC(=O)O[C@@H]1O[C@H]2[C@H](OC[C@H]2OC(=O)C(C)(C)C)[C@H]1OC(C)=O. The van der Waals surface area contributed by atoms with Gasteiger partial charge in [0.15, 0.2) is 12.2 Å². The van der Waals surface area contributed by atoms with Crippen molar-refractivity contribution in [1.29, 1.82) is 0 Å². The third-order valence-corrected chi connectivity index (χ3v) is 3.48. The molecular weight excluding hydrogens is 308 g/mol. The lowest BCUT2D eigenvalue weighted by Crippen LogP contribution is -2.38. The molecule has 0 saturated carbocycles. The summed E-state index contributed by atoms with van der Waals surface area (Å²) in [5.41, 5.74) is -0.665. The highest BCUT2D eigenvalue weighted by Gasteiger charge is 2.57. The molecule has 2 rings (SSSR count). The molecule has 2 aliphatic heterocycles. The van der Waals surface area contributed by atoms with Gasteiger partial charge in [0.25, 0.3) is 0 Å².